The van der Waals surface area contributed by atoms with E-state index in [-0.39, 0.29) is 6.04 Å². The summed E-state index contributed by atoms with van der Waals surface area (Å²) in [6, 6.07) is 11.5. The summed E-state index contributed by atoms with van der Waals surface area (Å²) >= 11 is 0. The number of anilines is 1. The van der Waals surface area contributed by atoms with E-state index in [0.717, 1.165) is 11.8 Å². The Kier molecular flexibility index (Phi) is 4.38. The third-order valence-corrected chi connectivity index (χ3v) is 3.35. The van der Waals surface area contributed by atoms with E-state index >= 15 is 0 Å². The van der Waals surface area contributed by atoms with Crippen LogP contribution in [0.15, 0.2) is 42.5 Å². The van der Waals surface area contributed by atoms with Crippen LogP contribution in [-0.2, 0) is 0 Å². The molecule has 0 saturated carbocycles. The minimum absolute atomic E-state index is 0.162. The maximum Gasteiger partial charge on any atom is 0.126 e. The number of halogens is 2. The van der Waals surface area contributed by atoms with Crippen molar-refractivity contribution in [2.24, 2.45) is 0 Å². The maximum absolute atomic E-state index is 13.2. The highest BCUT2D eigenvalue weighted by Gasteiger charge is 2.09. The van der Waals surface area contributed by atoms with Crippen molar-refractivity contribution in [3.05, 3.63) is 65.2 Å². The summed E-state index contributed by atoms with van der Waals surface area (Å²) in [4.78, 5) is 0. The first-order valence-electron chi connectivity index (χ1n) is 6.78. The van der Waals surface area contributed by atoms with Gasteiger partial charge in [-0.2, -0.15) is 0 Å². The fourth-order valence-electron chi connectivity index (χ4n) is 2.12. The lowest BCUT2D eigenvalue weighted by molar-refractivity contribution is 0.577. The van der Waals surface area contributed by atoms with E-state index in [9.17, 15) is 8.78 Å². The molecular weight excluding hydrogens is 256 g/mol. The quantitative estimate of drug-likeness (QED) is 0.802. The molecule has 1 nitrogen and oxygen atoms in total. The van der Waals surface area contributed by atoms with Gasteiger partial charge in [-0.1, -0.05) is 26.0 Å². The second-order valence-electron chi connectivity index (χ2n) is 5.35. The molecule has 2 aromatic carbocycles. The van der Waals surface area contributed by atoms with E-state index in [1.54, 1.807) is 0 Å². The average molecular weight is 275 g/mol. The summed E-state index contributed by atoms with van der Waals surface area (Å²) < 4.78 is 26.4. The molecule has 0 aliphatic carbocycles. The Morgan fingerprint density at radius 3 is 1.85 bits per heavy atom. The lowest BCUT2D eigenvalue weighted by Gasteiger charge is -2.16. The third kappa shape index (κ3) is 3.56. The van der Waals surface area contributed by atoms with Gasteiger partial charge in [0.15, 0.2) is 0 Å². The van der Waals surface area contributed by atoms with Crippen molar-refractivity contribution in [3.63, 3.8) is 0 Å². The number of nitrogens with one attached hydrogen (secondary N) is 1. The Morgan fingerprint density at radius 1 is 0.800 bits per heavy atom. The zero-order valence-corrected chi connectivity index (χ0v) is 12.0. The summed E-state index contributed by atoms with van der Waals surface area (Å²) in [6.45, 7) is 6.16. The van der Waals surface area contributed by atoms with Crippen molar-refractivity contribution >= 4 is 5.69 Å². The van der Waals surface area contributed by atoms with Gasteiger partial charge in [0.1, 0.15) is 11.6 Å². The molecule has 3 heteroatoms. The van der Waals surface area contributed by atoms with E-state index in [0.29, 0.717) is 11.5 Å². The largest absolute Gasteiger partial charge is 0.379 e. The van der Waals surface area contributed by atoms with Crippen LogP contribution in [-0.4, -0.2) is 0 Å². The van der Waals surface area contributed by atoms with Gasteiger partial charge in [0.2, 0.25) is 0 Å². The lowest BCUT2D eigenvalue weighted by atomic mass is 10.0. The molecule has 0 aromatic heterocycles. The third-order valence-electron chi connectivity index (χ3n) is 3.35. The first-order chi connectivity index (χ1) is 9.45. The molecule has 2 aromatic rings. The summed E-state index contributed by atoms with van der Waals surface area (Å²) in [5, 5.41) is 3.25. The zero-order chi connectivity index (χ0) is 14.7. The molecule has 0 heterocycles. The minimum Gasteiger partial charge on any atom is -0.379 e. The smallest absolute Gasteiger partial charge is 0.126 e. The monoisotopic (exact) mass is 275 g/mol. The molecule has 0 spiro atoms. The van der Waals surface area contributed by atoms with Crippen LogP contribution in [0.5, 0.6) is 0 Å². The molecule has 0 radical (unpaired) electrons. The topological polar surface area (TPSA) is 12.0 Å². The van der Waals surface area contributed by atoms with Crippen molar-refractivity contribution in [3.8, 4) is 0 Å². The van der Waals surface area contributed by atoms with Gasteiger partial charge in [-0.3, -0.25) is 0 Å². The molecule has 1 unspecified atom stereocenters. The van der Waals surface area contributed by atoms with Crippen molar-refractivity contribution < 1.29 is 8.78 Å². The Bertz CT molecular complexity index is 556. The summed E-state index contributed by atoms with van der Waals surface area (Å²) in [6.07, 6.45) is 0. The first kappa shape index (κ1) is 14.5. The summed E-state index contributed by atoms with van der Waals surface area (Å²) in [5.74, 6) is -0.619. The molecule has 0 fully saturated rings. The van der Waals surface area contributed by atoms with Gasteiger partial charge in [-0.15, -0.1) is 0 Å². The van der Waals surface area contributed by atoms with Crippen molar-refractivity contribution in [2.45, 2.75) is 32.7 Å². The standard InChI is InChI=1S/C17H19F2N/c1-11(2)13-4-6-17(7-5-13)20-12(3)14-8-15(18)10-16(19)9-14/h4-12,20H,1-3H3. The normalized spacial score (nSPS) is 12.5. The van der Waals surface area contributed by atoms with Crippen molar-refractivity contribution in [1.29, 1.82) is 0 Å². The van der Waals surface area contributed by atoms with Crippen LogP contribution in [0.4, 0.5) is 14.5 Å². The summed E-state index contributed by atoms with van der Waals surface area (Å²) in [5.41, 5.74) is 2.79. The first-order valence-corrected chi connectivity index (χ1v) is 6.78. The Hall–Kier alpha value is -1.90. The SMILES string of the molecule is CC(C)c1ccc(NC(C)c2cc(F)cc(F)c2)cc1. The molecule has 0 aliphatic heterocycles. The Morgan fingerprint density at radius 2 is 1.35 bits per heavy atom. The number of rotatable bonds is 4. The molecule has 20 heavy (non-hydrogen) atoms. The second kappa shape index (κ2) is 6.04. The predicted molar refractivity (Wildman–Crippen MR) is 78.9 cm³/mol. The van der Waals surface area contributed by atoms with E-state index in [2.05, 4.69) is 31.3 Å². The van der Waals surface area contributed by atoms with Crippen molar-refractivity contribution in [1.82, 2.24) is 0 Å². The van der Waals surface area contributed by atoms with Crippen LogP contribution in [0, 0.1) is 11.6 Å². The highest BCUT2D eigenvalue weighted by Crippen LogP contribution is 2.23. The maximum atomic E-state index is 13.2. The lowest BCUT2D eigenvalue weighted by Crippen LogP contribution is -2.07. The molecule has 2 rings (SSSR count). The van der Waals surface area contributed by atoms with Crippen LogP contribution >= 0.6 is 0 Å². The van der Waals surface area contributed by atoms with Crippen molar-refractivity contribution in [2.75, 3.05) is 5.32 Å². The highest BCUT2D eigenvalue weighted by molar-refractivity contribution is 5.47. The molecule has 0 saturated heterocycles. The molecule has 0 amide bonds. The molecule has 1 N–H and O–H groups in total. The number of hydrogen-bond donors (Lipinski definition) is 1. The molecule has 106 valence electrons. The Balaban J connectivity index is 2.12. The van der Waals surface area contributed by atoms with E-state index < -0.39 is 11.6 Å². The number of benzene rings is 2. The van der Waals surface area contributed by atoms with Gasteiger partial charge in [0.05, 0.1) is 0 Å². The average Bonchev–Trinajstić information content (AvgIpc) is 2.38. The van der Waals surface area contributed by atoms with Gasteiger partial charge in [0.25, 0.3) is 0 Å². The molecule has 0 bridgehead atoms. The van der Waals surface area contributed by atoms with Gasteiger partial charge < -0.3 is 5.32 Å². The fourth-order valence-corrected chi connectivity index (χ4v) is 2.12. The summed E-state index contributed by atoms with van der Waals surface area (Å²) in [7, 11) is 0. The van der Waals surface area contributed by atoms with Crippen LogP contribution in [0.25, 0.3) is 0 Å². The molecule has 1 atom stereocenters. The molecule has 0 aliphatic rings. The highest BCUT2D eigenvalue weighted by atomic mass is 19.1. The van der Waals surface area contributed by atoms with Gasteiger partial charge >= 0.3 is 0 Å². The van der Waals surface area contributed by atoms with Gasteiger partial charge in [0, 0.05) is 17.8 Å². The van der Waals surface area contributed by atoms with Gasteiger partial charge in [-0.25, -0.2) is 8.78 Å². The zero-order valence-electron chi connectivity index (χ0n) is 12.0. The Labute approximate surface area is 118 Å². The minimum atomic E-state index is -0.552. The number of hydrogen-bond acceptors (Lipinski definition) is 1. The van der Waals surface area contributed by atoms with Crippen LogP contribution in [0.2, 0.25) is 0 Å². The van der Waals surface area contributed by atoms with Gasteiger partial charge in [-0.05, 0) is 48.2 Å². The van der Waals surface area contributed by atoms with E-state index in [1.165, 1.54) is 17.7 Å². The second-order valence-corrected chi connectivity index (χ2v) is 5.35. The van der Waals surface area contributed by atoms with Crippen LogP contribution in [0.3, 0.4) is 0 Å². The fraction of sp³-hybridized carbons (Fsp3) is 0.294. The predicted octanol–water partition coefficient (Wildman–Crippen LogP) is 5.26. The van der Waals surface area contributed by atoms with E-state index in [1.807, 2.05) is 19.1 Å². The van der Waals surface area contributed by atoms with Crippen LogP contribution < -0.4 is 5.32 Å². The molecular formula is C17H19F2N. The van der Waals surface area contributed by atoms with E-state index in [4.69, 9.17) is 0 Å². The van der Waals surface area contributed by atoms with Crippen LogP contribution in [0.1, 0.15) is 43.9 Å².